The lowest BCUT2D eigenvalue weighted by Crippen LogP contribution is -2.42. The summed E-state index contributed by atoms with van der Waals surface area (Å²) in [5, 5.41) is 1.80. The van der Waals surface area contributed by atoms with Gasteiger partial charge in [0.05, 0.1) is 5.56 Å². The number of halogens is 3. The maximum absolute atomic E-state index is 12.7. The minimum Gasteiger partial charge on any atom is -0.448 e. The molecule has 1 unspecified atom stereocenters. The predicted octanol–water partition coefficient (Wildman–Crippen LogP) is 2.72. The Morgan fingerprint density at radius 1 is 1.13 bits per heavy atom. The van der Waals surface area contributed by atoms with Crippen molar-refractivity contribution in [3.05, 3.63) is 70.8 Å². The summed E-state index contributed by atoms with van der Waals surface area (Å²) in [7, 11) is 1.56. The lowest BCUT2D eigenvalue weighted by atomic mass is 9.98. The van der Waals surface area contributed by atoms with Gasteiger partial charge < -0.3 is 15.0 Å². The van der Waals surface area contributed by atoms with Gasteiger partial charge in [0.15, 0.2) is 6.10 Å². The number of likely N-dealkylation sites (N-methyl/N-ethyl adjacent to an activating group) is 1. The number of nitrogens with zero attached hydrogens (tertiary/aromatic N) is 1. The zero-order valence-electron chi connectivity index (χ0n) is 16.0. The van der Waals surface area contributed by atoms with Gasteiger partial charge >= 0.3 is 12.1 Å². The van der Waals surface area contributed by atoms with Crippen molar-refractivity contribution in [1.82, 2.24) is 10.2 Å². The van der Waals surface area contributed by atoms with Crippen LogP contribution >= 0.6 is 0 Å². The topological polar surface area (TPSA) is 75.7 Å². The first-order chi connectivity index (χ1) is 14.1. The van der Waals surface area contributed by atoms with Crippen LogP contribution in [0.1, 0.15) is 31.8 Å². The molecule has 158 valence electrons. The molecule has 2 aromatic carbocycles. The van der Waals surface area contributed by atoms with Crippen molar-refractivity contribution in [3.63, 3.8) is 0 Å². The summed E-state index contributed by atoms with van der Waals surface area (Å²) in [5.74, 6) is -1.75. The van der Waals surface area contributed by atoms with E-state index < -0.39 is 30.7 Å². The van der Waals surface area contributed by atoms with Gasteiger partial charge in [0.25, 0.3) is 11.8 Å². The van der Waals surface area contributed by atoms with Crippen LogP contribution in [-0.2, 0) is 22.5 Å². The number of alkyl halides is 3. The average molecular weight is 420 g/mol. The Labute approximate surface area is 170 Å². The Kier molecular flexibility index (Phi) is 6.09. The molecule has 1 aliphatic heterocycles. The molecule has 30 heavy (non-hydrogen) atoms. The van der Waals surface area contributed by atoms with Crippen molar-refractivity contribution in [2.24, 2.45) is 0 Å². The molecule has 6 nitrogen and oxygen atoms in total. The maximum atomic E-state index is 12.7. The van der Waals surface area contributed by atoms with Crippen molar-refractivity contribution in [1.29, 1.82) is 0 Å². The molecule has 1 atom stereocenters. The summed E-state index contributed by atoms with van der Waals surface area (Å²) in [6.45, 7) is -1.23. The molecule has 0 bridgehead atoms. The second-order valence-corrected chi connectivity index (χ2v) is 6.94. The van der Waals surface area contributed by atoms with Crippen molar-refractivity contribution in [2.75, 3.05) is 13.6 Å². The Morgan fingerprint density at radius 2 is 1.80 bits per heavy atom. The van der Waals surface area contributed by atoms with Crippen LogP contribution in [0.15, 0.2) is 48.5 Å². The predicted molar refractivity (Wildman–Crippen MR) is 101 cm³/mol. The van der Waals surface area contributed by atoms with Crippen molar-refractivity contribution >= 4 is 17.8 Å². The molecule has 2 amide bonds. The average Bonchev–Trinajstić information content (AvgIpc) is 2.71. The van der Waals surface area contributed by atoms with Gasteiger partial charge in [-0.15, -0.1) is 0 Å². The highest BCUT2D eigenvalue weighted by Gasteiger charge is 2.33. The Bertz CT molecular complexity index is 957. The van der Waals surface area contributed by atoms with E-state index in [1.165, 1.54) is 17.0 Å². The van der Waals surface area contributed by atoms with E-state index in [9.17, 15) is 27.6 Å². The van der Waals surface area contributed by atoms with E-state index in [1.807, 2.05) is 0 Å². The van der Waals surface area contributed by atoms with Gasteiger partial charge in [-0.1, -0.05) is 30.3 Å². The van der Waals surface area contributed by atoms with Gasteiger partial charge in [0.1, 0.15) is 6.54 Å². The molecule has 0 fully saturated rings. The minimum absolute atomic E-state index is 0.0785. The number of hydrogen-bond acceptors (Lipinski definition) is 4. The molecule has 0 aliphatic carbocycles. The van der Waals surface area contributed by atoms with Crippen molar-refractivity contribution in [3.8, 4) is 0 Å². The van der Waals surface area contributed by atoms with Gasteiger partial charge in [-0.25, -0.2) is 4.79 Å². The highest BCUT2D eigenvalue weighted by atomic mass is 19.4. The summed E-state index contributed by atoms with van der Waals surface area (Å²) in [6, 6.07) is 12.8. The van der Waals surface area contributed by atoms with Crippen molar-refractivity contribution in [2.45, 2.75) is 25.2 Å². The quantitative estimate of drug-likeness (QED) is 0.755. The normalized spacial score (nSPS) is 15.7. The number of esters is 1. The second kappa shape index (κ2) is 8.56. The molecule has 0 saturated carbocycles. The molecule has 1 aliphatic rings. The number of amides is 2. The number of carbonyl (C=O) groups excluding carboxylic acids is 3. The van der Waals surface area contributed by atoms with Gasteiger partial charge in [-0.2, -0.15) is 13.2 Å². The first kappa shape index (κ1) is 21.4. The maximum Gasteiger partial charge on any atom is 0.405 e. The monoisotopic (exact) mass is 420 g/mol. The Balaban J connectivity index is 1.59. The number of ether oxygens (including phenoxy) is 1. The van der Waals surface area contributed by atoms with E-state index in [-0.39, 0.29) is 24.4 Å². The third kappa shape index (κ3) is 5.16. The molecule has 0 spiro atoms. The summed E-state index contributed by atoms with van der Waals surface area (Å²) in [4.78, 5) is 37.9. The molecule has 2 aromatic rings. The zero-order valence-corrected chi connectivity index (χ0v) is 16.0. The van der Waals surface area contributed by atoms with Crippen LogP contribution in [-0.4, -0.2) is 48.6 Å². The van der Waals surface area contributed by atoms with Crippen LogP contribution in [0.3, 0.4) is 0 Å². The molecule has 1 N–H and O–H groups in total. The lowest BCUT2D eigenvalue weighted by Gasteiger charge is -2.27. The SMILES string of the molecule is CN(Cc1ccc(C(=O)NCC(F)(F)F)cc1)C(=O)C1Cc2ccccc2C(=O)O1. The summed E-state index contributed by atoms with van der Waals surface area (Å²) >= 11 is 0. The highest BCUT2D eigenvalue weighted by Crippen LogP contribution is 2.22. The van der Waals surface area contributed by atoms with Crippen molar-refractivity contribution < 1.29 is 32.3 Å². The summed E-state index contributed by atoms with van der Waals surface area (Å²) in [6.07, 6.45) is -5.13. The van der Waals surface area contributed by atoms with Crippen LogP contribution in [0, 0.1) is 0 Å². The third-order valence-corrected chi connectivity index (χ3v) is 4.63. The first-order valence-electron chi connectivity index (χ1n) is 9.12. The standard InChI is InChI=1S/C21H19F3N2O4/c1-26(19(28)17-10-15-4-2-3-5-16(15)20(29)30-17)11-13-6-8-14(9-7-13)18(27)25-12-21(22,23)24/h2-9,17H,10-12H2,1H3,(H,25,27). The number of hydrogen-bond donors (Lipinski definition) is 1. The van der Waals surface area contributed by atoms with Crippen LogP contribution < -0.4 is 5.32 Å². The lowest BCUT2D eigenvalue weighted by molar-refractivity contribution is -0.140. The molecule has 0 aromatic heterocycles. The van der Waals surface area contributed by atoms with E-state index in [4.69, 9.17) is 4.74 Å². The molecule has 0 radical (unpaired) electrons. The van der Waals surface area contributed by atoms with E-state index >= 15 is 0 Å². The molecule has 9 heteroatoms. The highest BCUT2D eigenvalue weighted by molar-refractivity contribution is 5.96. The Hall–Kier alpha value is -3.36. The number of benzene rings is 2. The van der Waals surface area contributed by atoms with Gasteiger partial charge in [-0.05, 0) is 29.3 Å². The van der Waals surface area contributed by atoms with E-state index in [0.717, 1.165) is 5.56 Å². The fourth-order valence-electron chi connectivity index (χ4n) is 3.11. The number of carbonyl (C=O) groups is 3. The number of fused-ring (bicyclic) bond motifs is 1. The van der Waals surface area contributed by atoms with E-state index in [1.54, 1.807) is 48.8 Å². The smallest absolute Gasteiger partial charge is 0.405 e. The van der Waals surface area contributed by atoms with Crippen LogP contribution in [0.4, 0.5) is 13.2 Å². The zero-order chi connectivity index (χ0) is 21.9. The molecular formula is C21H19F3N2O4. The molecular weight excluding hydrogens is 401 g/mol. The van der Waals surface area contributed by atoms with Gasteiger partial charge in [0, 0.05) is 25.6 Å². The third-order valence-electron chi connectivity index (χ3n) is 4.63. The molecule has 3 rings (SSSR count). The molecule has 0 saturated heterocycles. The number of nitrogens with one attached hydrogen (secondary N) is 1. The van der Waals surface area contributed by atoms with E-state index in [0.29, 0.717) is 11.1 Å². The van der Waals surface area contributed by atoms with Crippen LogP contribution in [0.25, 0.3) is 0 Å². The number of rotatable bonds is 5. The first-order valence-corrected chi connectivity index (χ1v) is 9.12. The Morgan fingerprint density at radius 3 is 2.47 bits per heavy atom. The minimum atomic E-state index is -4.48. The van der Waals surface area contributed by atoms with Gasteiger partial charge in [-0.3, -0.25) is 9.59 Å². The fraction of sp³-hybridized carbons (Fsp3) is 0.286. The fourth-order valence-corrected chi connectivity index (χ4v) is 3.11. The van der Waals surface area contributed by atoms with Crippen LogP contribution in [0.5, 0.6) is 0 Å². The number of cyclic esters (lactones) is 1. The molecule has 1 heterocycles. The summed E-state index contributed by atoms with van der Waals surface area (Å²) in [5.41, 5.74) is 1.94. The van der Waals surface area contributed by atoms with Crippen LogP contribution in [0.2, 0.25) is 0 Å². The van der Waals surface area contributed by atoms with Gasteiger partial charge in [0.2, 0.25) is 0 Å². The summed E-state index contributed by atoms with van der Waals surface area (Å²) < 4.78 is 41.8. The van der Waals surface area contributed by atoms with E-state index in [2.05, 4.69) is 0 Å². The second-order valence-electron chi connectivity index (χ2n) is 6.94. The largest absolute Gasteiger partial charge is 0.448 e.